The van der Waals surface area contributed by atoms with Crippen LogP contribution >= 0.6 is 11.6 Å². The summed E-state index contributed by atoms with van der Waals surface area (Å²) in [6.07, 6.45) is 0.928. The SMILES string of the molecule is O=C(NCCc1cccc(Cl)c1)[C@]1(Cc2ccccc2)N=C(c2ccc(OCCCO)cc2)O[C@@H]1c1ccccc1. The van der Waals surface area contributed by atoms with Crippen LogP contribution in [0.2, 0.25) is 5.02 Å². The summed E-state index contributed by atoms with van der Waals surface area (Å²) in [6, 6.07) is 34.8. The molecule has 5 rings (SSSR count). The number of carbonyl (C=O) groups is 1. The van der Waals surface area contributed by atoms with Crippen LogP contribution in [0.3, 0.4) is 0 Å². The van der Waals surface area contributed by atoms with Crippen molar-refractivity contribution in [2.45, 2.75) is 30.9 Å². The molecule has 210 valence electrons. The Hall–Kier alpha value is -4.13. The van der Waals surface area contributed by atoms with E-state index < -0.39 is 11.6 Å². The van der Waals surface area contributed by atoms with Gasteiger partial charge in [0.2, 0.25) is 5.90 Å². The minimum Gasteiger partial charge on any atom is -0.494 e. The Morgan fingerprint density at radius 1 is 0.927 bits per heavy atom. The van der Waals surface area contributed by atoms with Crippen LogP contribution in [0.15, 0.2) is 114 Å². The van der Waals surface area contributed by atoms with E-state index in [-0.39, 0.29) is 12.5 Å². The summed E-state index contributed by atoms with van der Waals surface area (Å²) in [5, 5.41) is 12.8. The lowest BCUT2D eigenvalue weighted by Gasteiger charge is -2.31. The van der Waals surface area contributed by atoms with Gasteiger partial charge in [-0.2, -0.15) is 0 Å². The first-order valence-electron chi connectivity index (χ1n) is 13.8. The smallest absolute Gasteiger partial charge is 0.252 e. The maximum absolute atomic E-state index is 14.2. The third kappa shape index (κ3) is 6.96. The van der Waals surface area contributed by atoms with Crippen LogP contribution in [0.25, 0.3) is 0 Å². The topological polar surface area (TPSA) is 80.2 Å². The van der Waals surface area contributed by atoms with Gasteiger partial charge in [0.05, 0.1) is 6.61 Å². The molecule has 0 spiro atoms. The summed E-state index contributed by atoms with van der Waals surface area (Å²) in [5.74, 6) is 0.896. The number of benzene rings is 4. The predicted octanol–water partition coefficient (Wildman–Crippen LogP) is 5.96. The third-order valence-electron chi connectivity index (χ3n) is 7.04. The number of carbonyl (C=O) groups excluding carboxylic acids is 1. The first-order valence-corrected chi connectivity index (χ1v) is 14.2. The molecule has 0 unspecified atom stereocenters. The Morgan fingerprint density at radius 3 is 2.34 bits per heavy atom. The van der Waals surface area contributed by atoms with Gasteiger partial charge >= 0.3 is 0 Å². The minimum absolute atomic E-state index is 0.0776. The van der Waals surface area contributed by atoms with E-state index in [9.17, 15) is 4.79 Å². The fourth-order valence-corrected chi connectivity index (χ4v) is 5.20. The quantitative estimate of drug-likeness (QED) is 0.207. The molecule has 41 heavy (non-hydrogen) atoms. The number of rotatable bonds is 12. The van der Waals surface area contributed by atoms with Crippen molar-refractivity contribution in [2.24, 2.45) is 4.99 Å². The van der Waals surface area contributed by atoms with Gasteiger partial charge in [0.1, 0.15) is 5.75 Å². The molecule has 1 aliphatic rings. The summed E-state index contributed by atoms with van der Waals surface area (Å²) >= 11 is 6.17. The molecule has 2 N–H and O–H groups in total. The lowest BCUT2D eigenvalue weighted by molar-refractivity contribution is -0.128. The highest BCUT2D eigenvalue weighted by molar-refractivity contribution is 6.30. The molecule has 0 saturated carbocycles. The fourth-order valence-electron chi connectivity index (χ4n) is 4.98. The molecule has 2 atom stereocenters. The first-order chi connectivity index (χ1) is 20.1. The number of ether oxygens (including phenoxy) is 2. The summed E-state index contributed by atoms with van der Waals surface area (Å²) in [6.45, 7) is 0.940. The molecule has 0 bridgehead atoms. The molecule has 4 aromatic carbocycles. The zero-order valence-electron chi connectivity index (χ0n) is 22.7. The molecule has 6 nitrogen and oxygen atoms in total. The number of amides is 1. The zero-order valence-corrected chi connectivity index (χ0v) is 23.5. The highest BCUT2D eigenvalue weighted by atomic mass is 35.5. The van der Waals surface area contributed by atoms with E-state index in [1.54, 1.807) is 0 Å². The Bertz CT molecular complexity index is 1460. The standard InChI is InChI=1S/C34H33ClN2O4/c35-29-14-7-11-25(23-29)19-20-36-33(39)34(24-26-9-3-1-4-10-26)31(27-12-5-2-6-13-27)41-32(37-34)28-15-17-30(18-16-28)40-22-8-21-38/h1-7,9-18,23,31,38H,8,19-22,24H2,(H,36,39)/t31-,34-/m1/s1. The molecule has 0 aliphatic carbocycles. The largest absolute Gasteiger partial charge is 0.494 e. The molecule has 0 saturated heterocycles. The van der Waals surface area contributed by atoms with E-state index in [0.717, 1.165) is 22.3 Å². The normalized spacial score (nSPS) is 17.9. The van der Waals surface area contributed by atoms with Crippen molar-refractivity contribution >= 4 is 23.4 Å². The van der Waals surface area contributed by atoms with Crippen molar-refractivity contribution in [2.75, 3.05) is 19.8 Å². The molecule has 4 aromatic rings. The Morgan fingerprint density at radius 2 is 1.63 bits per heavy atom. The van der Waals surface area contributed by atoms with E-state index in [0.29, 0.717) is 49.1 Å². The van der Waals surface area contributed by atoms with Crippen molar-refractivity contribution in [1.82, 2.24) is 5.32 Å². The third-order valence-corrected chi connectivity index (χ3v) is 7.27. The first kappa shape index (κ1) is 28.4. The van der Waals surface area contributed by atoms with Crippen LogP contribution in [0.5, 0.6) is 5.75 Å². The van der Waals surface area contributed by atoms with Crippen LogP contribution in [-0.2, 0) is 22.4 Å². The Kier molecular flexibility index (Phi) is 9.34. The second-order valence-corrected chi connectivity index (χ2v) is 10.4. The summed E-state index contributed by atoms with van der Waals surface area (Å²) in [5.41, 5.74) is 2.42. The monoisotopic (exact) mass is 568 g/mol. The predicted molar refractivity (Wildman–Crippen MR) is 161 cm³/mol. The highest BCUT2D eigenvalue weighted by Crippen LogP contribution is 2.42. The number of hydrogen-bond donors (Lipinski definition) is 2. The van der Waals surface area contributed by atoms with Crippen LogP contribution in [0.1, 0.15) is 34.8 Å². The van der Waals surface area contributed by atoms with Crippen molar-refractivity contribution in [3.8, 4) is 5.75 Å². The molecule has 0 aromatic heterocycles. The van der Waals surface area contributed by atoms with E-state index in [4.69, 9.17) is 31.2 Å². The molecule has 1 aliphatic heterocycles. The van der Waals surface area contributed by atoms with Crippen molar-refractivity contribution in [1.29, 1.82) is 0 Å². The Balaban J connectivity index is 1.48. The number of nitrogens with one attached hydrogen (secondary N) is 1. The van der Waals surface area contributed by atoms with Gasteiger partial charge in [0.15, 0.2) is 11.6 Å². The number of nitrogens with zero attached hydrogens (tertiary/aromatic N) is 1. The fraction of sp³-hybridized carbons (Fsp3) is 0.235. The maximum atomic E-state index is 14.2. The average molecular weight is 569 g/mol. The Labute approximate surface area is 245 Å². The second kappa shape index (κ2) is 13.5. The van der Waals surface area contributed by atoms with Gasteiger partial charge < -0.3 is 19.9 Å². The molecule has 1 amide bonds. The molecule has 0 fully saturated rings. The van der Waals surface area contributed by atoms with Gasteiger partial charge in [0.25, 0.3) is 5.91 Å². The van der Waals surface area contributed by atoms with Gasteiger partial charge in [0, 0.05) is 36.6 Å². The van der Waals surface area contributed by atoms with Crippen LogP contribution in [0, 0.1) is 0 Å². The van der Waals surface area contributed by atoms with Crippen molar-refractivity contribution < 1.29 is 19.4 Å². The minimum atomic E-state index is -1.23. The summed E-state index contributed by atoms with van der Waals surface area (Å²) < 4.78 is 12.2. The van der Waals surface area contributed by atoms with Gasteiger partial charge in [-0.05, 0) is 59.5 Å². The van der Waals surface area contributed by atoms with Crippen LogP contribution in [0.4, 0.5) is 0 Å². The van der Waals surface area contributed by atoms with Gasteiger partial charge in [-0.3, -0.25) is 4.79 Å². The molecule has 0 radical (unpaired) electrons. The summed E-state index contributed by atoms with van der Waals surface area (Å²) in [7, 11) is 0. The number of aliphatic hydroxyl groups excluding tert-OH is 1. The number of aliphatic imine (C=N–C) groups is 1. The molecular formula is C34H33ClN2O4. The van der Waals surface area contributed by atoms with E-state index in [1.165, 1.54) is 0 Å². The van der Waals surface area contributed by atoms with Gasteiger partial charge in [-0.25, -0.2) is 4.99 Å². The average Bonchev–Trinajstić information content (AvgIpc) is 3.39. The van der Waals surface area contributed by atoms with Gasteiger partial charge in [-0.15, -0.1) is 0 Å². The van der Waals surface area contributed by atoms with E-state index >= 15 is 0 Å². The lowest BCUT2D eigenvalue weighted by Crippen LogP contribution is -2.50. The van der Waals surface area contributed by atoms with Gasteiger partial charge in [-0.1, -0.05) is 84.4 Å². The van der Waals surface area contributed by atoms with Crippen molar-refractivity contribution in [3.63, 3.8) is 0 Å². The van der Waals surface area contributed by atoms with E-state index in [1.807, 2.05) is 109 Å². The summed E-state index contributed by atoms with van der Waals surface area (Å²) in [4.78, 5) is 19.3. The van der Waals surface area contributed by atoms with E-state index in [2.05, 4.69) is 5.32 Å². The lowest BCUT2D eigenvalue weighted by atomic mass is 9.82. The number of hydrogen-bond acceptors (Lipinski definition) is 5. The van der Waals surface area contributed by atoms with Crippen molar-refractivity contribution in [3.05, 3.63) is 136 Å². The second-order valence-electron chi connectivity index (χ2n) is 10.00. The van der Waals surface area contributed by atoms with Crippen LogP contribution < -0.4 is 10.1 Å². The molecule has 7 heteroatoms. The number of halogens is 1. The molecular weight excluding hydrogens is 536 g/mol. The molecule has 1 heterocycles. The zero-order chi connectivity index (χ0) is 28.5. The number of aliphatic hydroxyl groups is 1. The van der Waals surface area contributed by atoms with Crippen LogP contribution in [-0.4, -0.2) is 42.2 Å². The maximum Gasteiger partial charge on any atom is 0.252 e. The highest BCUT2D eigenvalue weighted by Gasteiger charge is 2.53.